The minimum Gasteiger partial charge on any atom is -0.394 e. The Hall–Kier alpha value is -1.07. The van der Waals surface area contributed by atoms with Crippen molar-refractivity contribution < 1.29 is 39.8 Å². The van der Waals surface area contributed by atoms with Crippen LogP contribution in [0, 0.1) is 0 Å². The topological polar surface area (TPSA) is 149 Å². The summed E-state index contributed by atoms with van der Waals surface area (Å²) >= 11 is 0. The molecule has 1 heterocycles. The van der Waals surface area contributed by atoms with E-state index in [1.807, 2.05) is 6.08 Å². The smallest absolute Gasteiger partial charge is 0.220 e. The number of nitrogens with one attached hydrogen (secondary N) is 1. The Morgan fingerprint density at radius 3 is 1.37 bits per heavy atom. The van der Waals surface area contributed by atoms with Crippen LogP contribution in [0.15, 0.2) is 12.2 Å². The van der Waals surface area contributed by atoms with E-state index in [2.05, 4.69) is 19.2 Å². The number of carbonyl (C=O) groups excluding carboxylic acids is 1. The van der Waals surface area contributed by atoms with Gasteiger partial charge >= 0.3 is 0 Å². The van der Waals surface area contributed by atoms with Gasteiger partial charge in [-0.3, -0.25) is 4.79 Å². The molecule has 0 bridgehead atoms. The van der Waals surface area contributed by atoms with Crippen LogP contribution in [0.4, 0.5) is 0 Å². The summed E-state index contributed by atoms with van der Waals surface area (Å²) in [7, 11) is 0. The van der Waals surface area contributed by atoms with Crippen molar-refractivity contribution in [2.75, 3.05) is 13.2 Å². The maximum Gasteiger partial charge on any atom is 0.220 e. The first-order valence-electron chi connectivity index (χ1n) is 24.4. The van der Waals surface area contributed by atoms with Crippen LogP contribution >= 0.6 is 0 Å². The molecule has 9 nitrogen and oxygen atoms in total. The number of amides is 1. The maximum absolute atomic E-state index is 12.9. The zero-order valence-electron chi connectivity index (χ0n) is 37.1. The standard InChI is InChI=1S/C48H93NO8/c1-3-5-7-9-11-12-13-14-15-16-17-18-19-20-21-22-23-24-25-26-27-28-29-30-32-34-36-38-44(52)49-41(42(51)37-35-33-31-10-8-6-4-2)40-56-48-47(55)46(54)45(53)43(39-50)57-48/h35,37,41-43,45-48,50-51,53-55H,3-34,36,38-40H2,1-2H3,(H,49,52)/b37-35+. The number of ether oxygens (including phenoxy) is 2. The zero-order chi connectivity index (χ0) is 41.6. The highest BCUT2D eigenvalue weighted by atomic mass is 16.7. The fourth-order valence-electron chi connectivity index (χ4n) is 7.92. The summed E-state index contributed by atoms with van der Waals surface area (Å²) < 4.78 is 11.2. The lowest BCUT2D eigenvalue weighted by Gasteiger charge is -2.40. The van der Waals surface area contributed by atoms with Gasteiger partial charge in [0.2, 0.25) is 5.91 Å². The van der Waals surface area contributed by atoms with E-state index in [0.717, 1.165) is 38.5 Å². The van der Waals surface area contributed by atoms with Gasteiger partial charge in [0.1, 0.15) is 24.4 Å². The maximum atomic E-state index is 12.9. The van der Waals surface area contributed by atoms with Crippen molar-refractivity contribution in [2.24, 2.45) is 0 Å². The van der Waals surface area contributed by atoms with E-state index < -0.39 is 49.5 Å². The van der Waals surface area contributed by atoms with E-state index in [9.17, 15) is 30.3 Å². The van der Waals surface area contributed by atoms with Crippen molar-refractivity contribution in [3.63, 3.8) is 0 Å². The average molecular weight is 812 g/mol. The Labute approximate surface area is 350 Å². The summed E-state index contributed by atoms with van der Waals surface area (Å²) in [6.07, 6.45) is 38.8. The van der Waals surface area contributed by atoms with Gasteiger partial charge in [-0.2, -0.15) is 0 Å². The summed E-state index contributed by atoms with van der Waals surface area (Å²) in [5.41, 5.74) is 0. The van der Waals surface area contributed by atoms with Gasteiger partial charge < -0.3 is 40.3 Å². The molecule has 1 rings (SSSR count). The number of unbranched alkanes of at least 4 members (excludes halogenated alkanes) is 31. The molecule has 1 aliphatic rings. The van der Waals surface area contributed by atoms with E-state index in [4.69, 9.17) is 9.47 Å². The second-order valence-corrected chi connectivity index (χ2v) is 17.3. The third-order valence-corrected chi connectivity index (χ3v) is 11.9. The quantitative estimate of drug-likeness (QED) is 0.0264. The van der Waals surface area contributed by atoms with Crippen molar-refractivity contribution >= 4 is 5.91 Å². The number of aliphatic hydroxyl groups is 5. The molecule has 0 aromatic carbocycles. The second-order valence-electron chi connectivity index (χ2n) is 17.3. The van der Waals surface area contributed by atoms with E-state index in [0.29, 0.717) is 6.42 Å². The van der Waals surface area contributed by atoms with Crippen molar-refractivity contribution in [1.82, 2.24) is 5.32 Å². The molecule has 1 aliphatic heterocycles. The summed E-state index contributed by atoms with van der Waals surface area (Å²) in [5.74, 6) is -0.177. The molecule has 0 aromatic heterocycles. The Morgan fingerprint density at radius 2 is 0.965 bits per heavy atom. The fraction of sp³-hybridized carbons (Fsp3) is 0.938. The van der Waals surface area contributed by atoms with Crippen LogP contribution < -0.4 is 5.32 Å². The molecule has 1 saturated heterocycles. The van der Waals surface area contributed by atoms with E-state index in [1.54, 1.807) is 6.08 Å². The molecule has 1 amide bonds. The van der Waals surface area contributed by atoms with Crippen LogP contribution in [0.2, 0.25) is 0 Å². The van der Waals surface area contributed by atoms with Gasteiger partial charge in [0.25, 0.3) is 0 Å². The second kappa shape index (κ2) is 39.1. The molecule has 57 heavy (non-hydrogen) atoms. The van der Waals surface area contributed by atoms with Gasteiger partial charge in [0, 0.05) is 6.42 Å². The van der Waals surface area contributed by atoms with Gasteiger partial charge in [0.15, 0.2) is 6.29 Å². The van der Waals surface area contributed by atoms with Crippen molar-refractivity contribution in [3.05, 3.63) is 12.2 Å². The molecule has 0 aromatic rings. The Bertz CT molecular complexity index is 904. The first-order chi connectivity index (χ1) is 27.8. The van der Waals surface area contributed by atoms with Crippen LogP contribution in [0.3, 0.4) is 0 Å². The van der Waals surface area contributed by atoms with E-state index in [1.165, 1.54) is 173 Å². The van der Waals surface area contributed by atoms with E-state index >= 15 is 0 Å². The first kappa shape index (κ1) is 53.9. The summed E-state index contributed by atoms with van der Waals surface area (Å²) in [4.78, 5) is 12.9. The molecule has 7 atom stereocenters. The molecule has 1 fully saturated rings. The number of hydrogen-bond donors (Lipinski definition) is 6. The Balaban J connectivity index is 2.10. The van der Waals surface area contributed by atoms with Crippen molar-refractivity contribution in [1.29, 1.82) is 0 Å². The van der Waals surface area contributed by atoms with Crippen LogP contribution in [0.25, 0.3) is 0 Å². The van der Waals surface area contributed by atoms with Gasteiger partial charge in [-0.15, -0.1) is 0 Å². The number of hydrogen-bond acceptors (Lipinski definition) is 8. The molecule has 9 heteroatoms. The lowest BCUT2D eigenvalue weighted by molar-refractivity contribution is -0.302. The summed E-state index contributed by atoms with van der Waals surface area (Å²) in [6, 6.07) is -0.796. The third kappa shape index (κ3) is 29.7. The molecule has 6 N–H and O–H groups in total. The number of allylic oxidation sites excluding steroid dienone is 1. The minimum absolute atomic E-state index is 0.177. The largest absolute Gasteiger partial charge is 0.394 e. The van der Waals surface area contributed by atoms with Crippen LogP contribution in [-0.2, 0) is 14.3 Å². The van der Waals surface area contributed by atoms with Gasteiger partial charge in [-0.1, -0.05) is 219 Å². The average Bonchev–Trinajstić information content (AvgIpc) is 3.21. The molecule has 0 spiro atoms. The van der Waals surface area contributed by atoms with E-state index in [-0.39, 0.29) is 12.5 Å². The van der Waals surface area contributed by atoms with Gasteiger partial charge in [-0.25, -0.2) is 0 Å². The van der Waals surface area contributed by atoms with Crippen LogP contribution in [-0.4, -0.2) is 87.5 Å². The summed E-state index contributed by atoms with van der Waals surface area (Å²) in [5, 5.41) is 53.9. The van der Waals surface area contributed by atoms with Crippen LogP contribution in [0.1, 0.15) is 232 Å². The number of carbonyl (C=O) groups is 1. The number of aliphatic hydroxyl groups excluding tert-OH is 5. The summed E-state index contributed by atoms with van der Waals surface area (Å²) in [6.45, 7) is 3.73. The normalized spacial score (nSPS) is 21.0. The zero-order valence-corrected chi connectivity index (χ0v) is 37.1. The van der Waals surface area contributed by atoms with Gasteiger partial charge in [0.05, 0.1) is 25.4 Å². The Morgan fingerprint density at radius 1 is 0.579 bits per heavy atom. The van der Waals surface area contributed by atoms with Gasteiger partial charge in [-0.05, 0) is 19.3 Å². The number of rotatable bonds is 41. The highest BCUT2D eigenvalue weighted by Crippen LogP contribution is 2.23. The monoisotopic (exact) mass is 812 g/mol. The lowest BCUT2D eigenvalue weighted by atomic mass is 9.99. The molecule has 0 aliphatic carbocycles. The molecular weight excluding hydrogens is 719 g/mol. The molecule has 0 radical (unpaired) electrons. The highest BCUT2D eigenvalue weighted by Gasteiger charge is 2.44. The lowest BCUT2D eigenvalue weighted by Crippen LogP contribution is -2.60. The Kier molecular flexibility index (Phi) is 37.0. The minimum atomic E-state index is -1.56. The van der Waals surface area contributed by atoms with Crippen LogP contribution in [0.5, 0.6) is 0 Å². The first-order valence-corrected chi connectivity index (χ1v) is 24.4. The van der Waals surface area contributed by atoms with Crippen molar-refractivity contribution in [2.45, 2.75) is 275 Å². The molecule has 7 unspecified atom stereocenters. The fourth-order valence-corrected chi connectivity index (χ4v) is 7.92. The van der Waals surface area contributed by atoms with Crippen molar-refractivity contribution in [3.8, 4) is 0 Å². The predicted octanol–water partition coefficient (Wildman–Crippen LogP) is 10.5. The predicted molar refractivity (Wildman–Crippen MR) is 235 cm³/mol. The molecule has 0 saturated carbocycles. The third-order valence-electron chi connectivity index (χ3n) is 11.9. The molecular formula is C48H93NO8. The SMILES string of the molecule is CCCCCCC/C=C/C(O)C(COC1OC(CO)C(O)C(O)C1O)NC(=O)CCCCCCCCCCCCCCCCCCCCCCCCCCCCC. The molecule has 338 valence electrons. The highest BCUT2D eigenvalue weighted by molar-refractivity contribution is 5.76.